The second-order valence-corrected chi connectivity index (χ2v) is 7.12. The molecule has 3 aromatic rings. The molecule has 0 spiro atoms. The normalized spacial score (nSPS) is 18.0. The maximum Gasteiger partial charge on any atom is 0.194 e. The first-order valence-electron chi connectivity index (χ1n) is 9.93. The number of morpholine rings is 1. The number of rotatable bonds is 5. The van der Waals surface area contributed by atoms with E-state index in [2.05, 4.69) is 57.6 Å². The minimum atomic E-state index is 0.0278. The smallest absolute Gasteiger partial charge is 0.194 e. The lowest BCUT2D eigenvalue weighted by Gasteiger charge is -2.34. The highest BCUT2D eigenvalue weighted by molar-refractivity contribution is 5.81. The Hall–Kier alpha value is -2.80. The Balaban J connectivity index is 1.41. The second kappa shape index (κ2) is 8.48. The topological polar surface area (TPSA) is 70.5 Å². The van der Waals surface area contributed by atoms with Gasteiger partial charge < -0.3 is 19.9 Å². The molecule has 0 bridgehead atoms. The Morgan fingerprint density at radius 2 is 2.29 bits per heavy atom. The van der Waals surface area contributed by atoms with E-state index in [0.29, 0.717) is 6.61 Å². The lowest BCUT2D eigenvalue weighted by molar-refractivity contribution is -0.00803. The molecule has 0 amide bonds. The number of nitrogens with one attached hydrogen (secondary N) is 2. The summed E-state index contributed by atoms with van der Waals surface area (Å²) in [5.41, 5.74) is 3.51. The highest BCUT2D eigenvalue weighted by atomic mass is 16.5. The summed E-state index contributed by atoms with van der Waals surface area (Å²) in [7, 11) is 1.93. The van der Waals surface area contributed by atoms with E-state index in [1.807, 2.05) is 24.1 Å². The molecule has 1 aromatic carbocycles. The lowest BCUT2D eigenvalue weighted by Crippen LogP contribution is -2.48. The van der Waals surface area contributed by atoms with E-state index in [-0.39, 0.29) is 6.10 Å². The Morgan fingerprint density at radius 1 is 1.39 bits per heavy atom. The fourth-order valence-corrected chi connectivity index (χ4v) is 3.63. The predicted molar refractivity (Wildman–Crippen MR) is 111 cm³/mol. The van der Waals surface area contributed by atoms with Crippen LogP contribution in [0, 0.1) is 0 Å². The van der Waals surface area contributed by atoms with Crippen LogP contribution in [0.1, 0.15) is 24.3 Å². The van der Waals surface area contributed by atoms with Crippen molar-refractivity contribution in [2.75, 3.05) is 32.8 Å². The first-order chi connectivity index (χ1) is 13.7. The molecule has 0 saturated carbocycles. The molecule has 7 heteroatoms. The first kappa shape index (κ1) is 18.6. The summed E-state index contributed by atoms with van der Waals surface area (Å²) in [6, 6.07) is 10.6. The third kappa shape index (κ3) is 4.20. The van der Waals surface area contributed by atoms with Gasteiger partial charge in [0.2, 0.25) is 0 Å². The molecule has 0 radical (unpaired) electrons. The van der Waals surface area contributed by atoms with Crippen molar-refractivity contribution in [2.24, 2.45) is 12.0 Å². The summed E-state index contributed by atoms with van der Waals surface area (Å²) < 4.78 is 7.78. The summed E-state index contributed by atoms with van der Waals surface area (Å²) in [6.45, 7) is 6.00. The van der Waals surface area contributed by atoms with Gasteiger partial charge in [-0.2, -0.15) is 5.10 Å². The minimum Gasteiger partial charge on any atom is -0.370 e. The van der Waals surface area contributed by atoms with Gasteiger partial charge in [0.15, 0.2) is 5.96 Å². The number of fused-ring (bicyclic) bond motifs is 1. The number of hydrogen-bond donors (Lipinski definition) is 2. The fraction of sp³-hybridized carbons (Fsp3) is 0.429. The van der Waals surface area contributed by atoms with Gasteiger partial charge in [-0.15, -0.1) is 0 Å². The van der Waals surface area contributed by atoms with Crippen LogP contribution in [0.3, 0.4) is 0 Å². The largest absolute Gasteiger partial charge is 0.370 e. The third-order valence-corrected chi connectivity index (χ3v) is 5.03. The van der Waals surface area contributed by atoms with Gasteiger partial charge in [0.1, 0.15) is 6.10 Å². The molecule has 1 aliphatic rings. The van der Waals surface area contributed by atoms with Crippen molar-refractivity contribution in [2.45, 2.75) is 19.4 Å². The van der Waals surface area contributed by atoms with Crippen LogP contribution >= 0.6 is 0 Å². The number of ether oxygens (including phenoxy) is 1. The zero-order valence-electron chi connectivity index (χ0n) is 16.6. The Kier molecular flexibility index (Phi) is 5.62. The van der Waals surface area contributed by atoms with E-state index >= 15 is 0 Å². The lowest BCUT2D eigenvalue weighted by atomic mass is 10.1. The molecule has 148 valence electrons. The Labute approximate surface area is 165 Å². The van der Waals surface area contributed by atoms with Gasteiger partial charge in [-0.1, -0.05) is 18.2 Å². The van der Waals surface area contributed by atoms with Crippen LogP contribution in [0.4, 0.5) is 0 Å². The number of nitrogens with zero attached hydrogens (tertiary/aromatic N) is 4. The Morgan fingerprint density at radius 3 is 3.07 bits per heavy atom. The second-order valence-electron chi connectivity index (χ2n) is 7.12. The number of benzene rings is 1. The monoisotopic (exact) mass is 380 g/mol. The van der Waals surface area contributed by atoms with Crippen molar-refractivity contribution in [3.63, 3.8) is 0 Å². The van der Waals surface area contributed by atoms with Gasteiger partial charge in [-0.3, -0.25) is 9.67 Å². The van der Waals surface area contributed by atoms with Gasteiger partial charge in [-0.25, -0.2) is 0 Å². The summed E-state index contributed by atoms with van der Waals surface area (Å²) in [4.78, 5) is 10.6. The molecule has 28 heavy (non-hydrogen) atoms. The molecule has 7 nitrogen and oxygen atoms in total. The van der Waals surface area contributed by atoms with Crippen molar-refractivity contribution in [1.29, 1.82) is 0 Å². The van der Waals surface area contributed by atoms with E-state index < -0.39 is 0 Å². The molecule has 1 aliphatic heterocycles. The summed E-state index contributed by atoms with van der Waals surface area (Å²) >= 11 is 0. The molecule has 3 heterocycles. The average Bonchev–Trinajstić information content (AvgIpc) is 3.33. The van der Waals surface area contributed by atoms with Crippen LogP contribution in [0.25, 0.3) is 10.9 Å². The molecule has 2 N–H and O–H groups in total. The minimum absolute atomic E-state index is 0.0278. The average molecular weight is 380 g/mol. The number of aryl methyl sites for hydroxylation is 1. The maximum absolute atomic E-state index is 5.96. The van der Waals surface area contributed by atoms with E-state index in [1.165, 1.54) is 16.6 Å². The summed E-state index contributed by atoms with van der Waals surface area (Å²) in [5, 5.41) is 8.95. The van der Waals surface area contributed by atoms with Gasteiger partial charge >= 0.3 is 0 Å². The molecule has 1 fully saturated rings. The SMILES string of the molecule is CCNC(=NCCc1cc2ccccc2[nH]1)N1CCOC(c2cnn(C)c2)C1. The summed E-state index contributed by atoms with van der Waals surface area (Å²) in [6.07, 6.45) is 4.82. The third-order valence-electron chi connectivity index (χ3n) is 5.03. The van der Waals surface area contributed by atoms with E-state index in [1.54, 1.807) is 0 Å². The van der Waals surface area contributed by atoms with E-state index in [9.17, 15) is 0 Å². The molecule has 1 saturated heterocycles. The quantitative estimate of drug-likeness (QED) is 0.527. The fourth-order valence-electron chi connectivity index (χ4n) is 3.63. The van der Waals surface area contributed by atoms with E-state index in [4.69, 9.17) is 9.73 Å². The van der Waals surface area contributed by atoms with Crippen LogP contribution in [0.2, 0.25) is 0 Å². The molecular formula is C21H28N6O. The van der Waals surface area contributed by atoms with Crippen molar-refractivity contribution in [3.8, 4) is 0 Å². The first-order valence-corrected chi connectivity index (χ1v) is 9.93. The van der Waals surface area contributed by atoms with Gasteiger partial charge in [0.05, 0.1) is 19.3 Å². The maximum atomic E-state index is 5.96. The number of para-hydroxylation sites is 1. The van der Waals surface area contributed by atoms with E-state index in [0.717, 1.165) is 44.1 Å². The molecule has 4 rings (SSSR count). The number of aromatic nitrogens is 3. The van der Waals surface area contributed by atoms with Crippen LogP contribution in [-0.4, -0.2) is 58.4 Å². The number of aromatic amines is 1. The van der Waals surface area contributed by atoms with Crippen molar-refractivity contribution in [3.05, 3.63) is 54.0 Å². The molecule has 2 aromatic heterocycles. The molecule has 0 aliphatic carbocycles. The number of guanidine groups is 1. The van der Waals surface area contributed by atoms with Crippen LogP contribution in [0.15, 0.2) is 47.7 Å². The van der Waals surface area contributed by atoms with Crippen molar-refractivity contribution < 1.29 is 4.74 Å². The predicted octanol–water partition coefficient (Wildman–Crippen LogP) is 2.48. The zero-order chi connectivity index (χ0) is 19.3. The molecular weight excluding hydrogens is 352 g/mol. The van der Waals surface area contributed by atoms with Gasteiger partial charge in [-0.05, 0) is 24.4 Å². The summed E-state index contributed by atoms with van der Waals surface area (Å²) in [5.74, 6) is 0.954. The number of H-pyrrole nitrogens is 1. The number of hydrogen-bond acceptors (Lipinski definition) is 3. The Bertz CT molecular complexity index is 910. The highest BCUT2D eigenvalue weighted by Crippen LogP contribution is 2.21. The highest BCUT2D eigenvalue weighted by Gasteiger charge is 2.25. The van der Waals surface area contributed by atoms with Crippen LogP contribution in [0.5, 0.6) is 0 Å². The standard InChI is InChI=1S/C21H28N6O/c1-3-22-21(23-9-8-18-12-16-6-4-5-7-19(16)25-18)27-10-11-28-20(15-27)17-13-24-26(2)14-17/h4-7,12-14,20,25H,3,8-11,15H2,1-2H3,(H,22,23). The zero-order valence-corrected chi connectivity index (χ0v) is 16.6. The van der Waals surface area contributed by atoms with Crippen LogP contribution < -0.4 is 5.32 Å². The van der Waals surface area contributed by atoms with Gasteiger partial charge in [0, 0.05) is 56.1 Å². The molecule has 1 unspecified atom stereocenters. The molecule has 1 atom stereocenters. The number of aliphatic imine (C=N–C) groups is 1. The van der Waals surface area contributed by atoms with Gasteiger partial charge in [0.25, 0.3) is 0 Å². The van der Waals surface area contributed by atoms with Crippen LogP contribution in [-0.2, 0) is 18.2 Å². The van der Waals surface area contributed by atoms with Crippen molar-refractivity contribution in [1.82, 2.24) is 25.0 Å². The van der Waals surface area contributed by atoms with Crippen molar-refractivity contribution >= 4 is 16.9 Å².